The van der Waals surface area contributed by atoms with Crippen LogP contribution in [-0.2, 0) is 6.54 Å². The van der Waals surface area contributed by atoms with Crippen molar-refractivity contribution < 1.29 is 14.3 Å². The lowest BCUT2D eigenvalue weighted by molar-refractivity contribution is 0.0950. The molecule has 0 fully saturated rings. The van der Waals surface area contributed by atoms with Gasteiger partial charge in [-0.15, -0.1) is 0 Å². The Kier molecular flexibility index (Phi) is 4.55. The number of hydrogen-bond donors (Lipinski definition) is 1. The summed E-state index contributed by atoms with van der Waals surface area (Å²) >= 11 is 0. The van der Waals surface area contributed by atoms with Crippen molar-refractivity contribution in [1.29, 1.82) is 0 Å². The van der Waals surface area contributed by atoms with E-state index < -0.39 is 0 Å². The first kappa shape index (κ1) is 13.9. The Bertz CT molecular complexity index is 599. The van der Waals surface area contributed by atoms with E-state index in [4.69, 9.17) is 9.47 Å². The smallest absolute Gasteiger partial charge is 0.253 e. The van der Waals surface area contributed by atoms with Crippen molar-refractivity contribution >= 4 is 5.91 Å². The molecular weight excluding hydrogens is 256 g/mol. The van der Waals surface area contributed by atoms with E-state index in [0.717, 1.165) is 11.3 Å². The van der Waals surface area contributed by atoms with Crippen LogP contribution in [0.2, 0.25) is 0 Å². The fourth-order valence-electron chi connectivity index (χ4n) is 1.72. The zero-order chi connectivity index (χ0) is 14.4. The van der Waals surface area contributed by atoms with Crippen LogP contribution in [0.3, 0.4) is 0 Å². The molecule has 5 heteroatoms. The van der Waals surface area contributed by atoms with E-state index in [0.29, 0.717) is 17.9 Å². The van der Waals surface area contributed by atoms with Crippen molar-refractivity contribution in [3.63, 3.8) is 0 Å². The number of nitrogens with zero attached hydrogens (tertiary/aromatic N) is 1. The third kappa shape index (κ3) is 3.47. The summed E-state index contributed by atoms with van der Waals surface area (Å²) in [5.41, 5.74) is 1.43. The molecule has 0 saturated heterocycles. The Morgan fingerprint density at radius 2 is 1.95 bits per heavy atom. The van der Waals surface area contributed by atoms with Crippen LogP contribution < -0.4 is 14.8 Å². The topological polar surface area (TPSA) is 60.5 Å². The lowest BCUT2D eigenvalue weighted by atomic mass is 10.2. The van der Waals surface area contributed by atoms with E-state index in [1.165, 1.54) is 13.3 Å². The van der Waals surface area contributed by atoms with Crippen LogP contribution in [0.1, 0.15) is 15.9 Å². The van der Waals surface area contributed by atoms with Crippen molar-refractivity contribution in [2.45, 2.75) is 6.54 Å². The van der Waals surface area contributed by atoms with E-state index in [2.05, 4.69) is 10.3 Å². The monoisotopic (exact) mass is 272 g/mol. The van der Waals surface area contributed by atoms with Crippen molar-refractivity contribution in [3.8, 4) is 11.5 Å². The summed E-state index contributed by atoms with van der Waals surface area (Å²) in [4.78, 5) is 16.0. The SMILES string of the molecule is COc1cccc(CNC(=O)c2cncc(OC)c2)c1. The molecule has 0 aliphatic heterocycles. The normalized spacial score (nSPS) is 9.90. The molecule has 0 spiro atoms. The molecular formula is C15H16N2O3. The maximum Gasteiger partial charge on any atom is 0.253 e. The summed E-state index contributed by atoms with van der Waals surface area (Å²) < 4.78 is 10.2. The molecule has 5 nitrogen and oxygen atoms in total. The van der Waals surface area contributed by atoms with Gasteiger partial charge in [0.1, 0.15) is 11.5 Å². The lowest BCUT2D eigenvalue weighted by Gasteiger charge is -2.07. The van der Waals surface area contributed by atoms with Crippen LogP contribution in [0.15, 0.2) is 42.7 Å². The van der Waals surface area contributed by atoms with Gasteiger partial charge in [-0.3, -0.25) is 9.78 Å². The van der Waals surface area contributed by atoms with Crippen LogP contribution in [0.5, 0.6) is 11.5 Å². The average Bonchev–Trinajstić information content (AvgIpc) is 2.52. The summed E-state index contributed by atoms with van der Waals surface area (Å²) in [5.74, 6) is 1.12. The predicted octanol–water partition coefficient (Wildman–Crippen LogP) is 2.03. The van der Waals surface area contributed by atoms with Gasteiger partial charge >= 0.3 is 0 Å². The number of pyridine rings is 1. The van der Waals surface area contributed by atoms with Crippen LogP contribution in [0, 0.1) is 0 Å². The number of rotatable bonds is 5. The summed E-state index contributed by atoms with van der Waals surface area (Å²) in [6, 6.07) is 9.19. The number of carbonyl (C=O) groups is 1. The second-order valence-corrected chi connectivity index (χ2v) is 4.15. The largest absolute Gasteiger partial charge is 0.497 e. The van der Waals surface area contributed by atoms with Gasteiger partial charge in [-0.1, -0.05) is 12.1 Å². The summed E-state index contributed by atoms with van der Waals surface area (Å²) in [7, 11) is 3.15. The number of amides is 1. The maximum atomic E-state index is 12.0. The van der Waals surface area contributed by atoms with Crippen LogP contribution >= 0.6 is 0 Å². The fraction of sp³-hybridized carbons (Fsp3) is 0.200. The molecule has 0 unspecified atom stereocenters. The molecule has 1 aromatic heterocycles. The Hall–Kier alpha value is -2.56. The molecule has 1 aromatic carbocycles. The molecule has 0 aliphatic carbocycles. The van der Waals surface area contributed by atoms with E-state index in [9.17, 15) is 4.79 Å². The number of nitrogens with one attached hydrogen (secondary N) is 1. The summed E-state index contributed by atoms with van der Waals surface area (Å²) in [6.07, 6.45) is 3.06. The second kappa shape index (κ2) is 6.56. The van der Waals surface area contributed by atoms with Crippen LogP contribution in [-0.4, -0.2) is 25.1 Å². The van der Waals surface area contributed by atoms with Crippen LogP contribution in [0.25, 0.3) is 0 Å². The molecule has 2 aromatic rings. The Balaban J connectivity index is 2.00. The van der Waals surface area contributed by atoms with Crippen LogP contribution in [0.4, 0.5) is 0 Å². The number of ether oxygens (including phenoxy) is 2. The molecule has 20 heavy (non-hydrogen) atoms. The number of benzene rings is 1. The molecule has 1 amide bonds. The molecule has 1 N–H and O–H groups in total. The van der Waals surface area contributed by atoms with Gasteiger partial charge in [0.15, 0.2) is 0 Å². The third-order valence-electron chi connectivity index (χ3n) is 2.80. The quantitative estimate of drug-likeness (QED) is 0.904. The molecule has 0 saturated carbocycles. The Labute approximate surface area is 117 Å². The minimum Gasteiger partial charge on any atom is -0.497 e. The Morgan fingerprint density at radius 3 is 2.70 bits per heavy atom. The van der Waals surface area contributed by atoms with Crippen molar-refractivity contribution in [2.24, 2.45) is 0 Å². The number of hydrogen-bond acceptors (Lipinski definition) is 4. The van der Waals surface area contributed by atoms with E-state index in [-0.39, 0.29) is 5.91 Å². The lowest BCUT2D eigenvalue weighted by Crippen LogP contribution is -2.22. The molecule has 1 heterocycles. The van der Waals surface area contributed by atoms with E-state index in [1.807, 2.05) is 24.3 Å². The average molecular weight is 272 g/mol. The number of carbonyl (C=O) groups excluding carboxylic acids is 1. The highest BCUT2D eigenvalue weighted by Crippen LogP contribution is 2.13. The highest BCUT2D eigenvalue weighted by molar-refractivity contribution is 5.94. The molecule has 0 radical (unpaired) electrons. The fourth-order valence-corrected chi connectivity index (χ4v) is 1.72. The van der Waals surface area contributed by atoms with Crippen molar-refractivity contribution in [2.75, 3.05) is 14.2 Å². The van der Waals surface area contributed by atoms with Gasteiger partial charge in [0.2, 0.25) is 0 Å². The van der Waals surface area contributed by atoms with Crippen molar-refractivity contribution in [3.05, 3.63) is 53.9 Å². The first-order valence-corrected chi connectivity index (χ1v) is 6.13. The third-order valence-corrected chi connectivity index (χ3v) is 2.80. The predicted molar refractivity (Wildman–Crippen MR) is 75.0 cm³/mol. The van der Waals surface area contributed by atoms with Gasteiger partial charge in [0.05, 0.1) is 26.0 Å². The minimum atomic E-state index is -0.195. The van der Waals surface area contributed by atoms with Gasteiger partial charge in [0, 0.05) is 12.7 Å². The van der Waals surface area contributed by atoms with E-state index >= 15 is 0 Å². The van der Waals surface area contributed by atoms with Gasteiger partial charge in [-0.25, -0.2) is 0 Å². The standard InChI is InChI=1S/C15H16N2O3/c1-19-13-5-3-4-11(6-13)8-17-15(18)12-7-14(20-2)10-16-9-12/h3-7,9-10H,8H2,1-2H3,(H,17,18). The number of methoxy groups -OCH3 is 2. The molecule has 0 atom stereocenters. The summed E-state index contributed by atoms with van der Waals surface area (Å²) in [6.45, 7) is 0.424. The molecule has 0 bridgehead atoms. The maximum absolute atomic E-state index is 12.0. The van der Waals surface area contributed by atoms with Gasteiger partial charge in [-0.2, -0.15) is 0 Å². The minimum absolute atomic E-state index is 0.195. The highest BCUT2D eigenvalue weighted by Gasteiger charge is 2.07. The first-order chi connectivity index (χ1) is 9.72. The van der Waals surface area contributed by atoms with Crippen molar-refractivity contribution in [1.82, 2.24) is 10.3 Å². The van der Waals surface area contributed by atoms with Gasteiger partial charge in [0.25, 0.3) is 5.91 Å². The highest BCUT2D eigenvalue weighted by atomic mass is 16.5. The summed E-state index contributed by atoms with van der Waals surface area (Å²) in [5, 5.41) is 2.83. The first-order valence-electron chi connectivity index (χ1n) is 6.13. The van der Waals surface area contributed by atoms with E-state index in [1.54, 1.807) is 19.4 Å². The van der Waals surface area contributed by atoms with Gasteiger partial charge in [-0.05, 0) is 23.8 Å². The molecule has 0 aliphatic rings. The molecule has 2 rings (SSSR count). The Morgan fingerprint density at radius 1 is 1.15 bits per heavy atom. The zero-order valence-electron chi connectivity index (χ0n) is 11.4. The zero-order valence-corrected chi connectivity index (χ0v) is 11.4. The van der Waals surface area contributed by atoms with Gasteiger partial charge < -0.3 is 14.8 Å². The molecule has 104 valence electrons. The second-order valence-electron chi connectivity index (χ2n) is 4.15. The number of aromatic nitrogens is 1.